The molecule has 0 heterocycles. The molecule has 5 heteroatoms. The molecule has 0 spiro atoms. The smallest absolute Gasteiger partial charge is 0.425 e. The third kappa shape index (κ3) is 4.93. The summed E-state index contributed by atoms with van der Waals surface area (Å²) in [6.45, 7) is 7.94. The van der Waals surface area contributed by atoms with Crippen LogP contribution in [0.5, 0.6) is 11.5 Å². The lowest BCUT2D eigenvalue weighted by Crippen LogP contribution is -2.24. The van der Waals surface area contributed by atoms with Gasteiger partial charge in [0, 0.05) is 11.9 Å². The van der Waals surface area contributed by atoms with Crippen molar-refractivity contribution in [3.63, 3.8) is 0 Å². The van der Waals surface area contributed by atoms with Gasteiger partial charge in [-0.2, -0.15) is 0 Å². The van der Waals surface area contributed by atoms with Gasteiger partial charge >= 0.3 is 6.09 Å². The van der Waals surface area contributed by atoms with Crippen LogP contribution >= 0.6 is 11.9 Å². The molecule has 0 aromatic heterocycles. The number of amides is 1. The van der Waals surface area contributed by atoms with Gasteiger partial charge in [0.2, 0.25) is 0 Å². The van der Waals surface area contributed by atoms with E-state index in [4.69, 9.17) is 9.47 Å². The van der Waals surface area contributed by atoms with E-state index in [1.807, 2.05) is 52.0 Å². The third-order valence-corrected chi connectivity index (χ3v) is 4.31. The van der Waals surface area contributed by atoms with Gasteiger partial charge in [-0.1, -0.05) is 29.8 Å². The maximum Gasteiger partial charge on any atom is 0.425 e. The van der Waals surface area contributed by atoms with Crippen LogP contribution in [0.3, 0.4) is 0 Å². The number of nitrogens with zero attached hydrogens (tertiary/aromatic N) is 1. The van der Waals surface area contributed by atoms with Gasteiger partial charge in [0.05, 0.1) is 6.10 Å². The normalized spacial score (nSPS) is 10.6. The molecule has 0 saturated heterocycles. The Balaban J connectivity index is 2.06. The number of rotatable bonds is 5. The molecule has 0 unspecified atom stereocenters. The second-order valence-electron chi connectivity index (χ2n) is 5.84. The first-order valence-corrected chi connectivity index (χ1v) is 8.60. The van der Waals surface area contributed by atoms with Crippen LogP contribution in [0.2, 0.25) is 0 Å². The summed E-state index contributed by atoms with van der Waals surface area (Å²) in [6.07, 6.45) is -0.438. The summed E-state index contributed by atoms with van der Waals surface area (Å²) in [4.78, 5) is 13.4. The molecule has 0 aliphatic heterocycles. The predicted molar refractivity (Wildman–Crippen MR) is 97.8 cm³/mol. The molecule has 0 radical (unpaired) electrons. The maximum atomic E-state index is 12.4. The highest BCUT2D eigenvalue weighted by molar-refractivity contribution is 7.97. The minimum absolute atomic E-state index is 0.00663. The molecule has 0 bridgehead atoms. The summed E-state index contributed by atoms with van der Waals surface area (Å²) >= 11 is 1.34. The fraction of sp³-hybridized carbons (Fsp3) is 0.316. The zero-order chi connectivity index (χ0) is 17.7. The van der Waals surface area contributed by atoms with Crippen molar-refractivity contribution < 1.29 is 14.3 Å². The van der Waals surface area contributed by atoms with Gasteiger partial charge in [-0.25, -0.2) is 9.10 Å². The van der Waals surface area contributed by atoms with E-state index in [0.29, 0.717) is 11.5 Å². The maximum absolute atomic E-state index is 12.4. The highest BCUT2D eigenvalue weighted by Crippen LogP contribution is 2.30. The number of carbonyl (C=O) groups is 1. The van der Waals surface area contributed by atoms with Gasteiger partial charge in [-0.3, -0.25) is 0 Å². The first kappa shape index (κ1) is 18.2. The van der Waals surface area contributed by atoms with Crippen molar-refractivity contribution in [2.24, 2.45) is 0 Å². The molecular weight excluding hydrogens is 322 g/mol. The summed E-state index contributed by atoms with van der Waals surface area (Å²) in [6, 6.07) is 13.3. The standard InChI is InChI=1S/C19H23NO3S/c1-13(2)22-16-8-6-7-9-17(16)23-19(21)20(5)24-18-11-10-14(3)12-15(18)4/h6-13H,1-5H3. The van der Waals surface area contributed by atoms with E-state index in [1.54, 1.807) is 19.2 Å². The molecule has 0 N–H and O–H groups in total. The van der Waals surface area contributed by atoms with E-state index >= 15 is 0 Å². The van der Waals surface area contributed by atoms with E-state index in [-0.39, 0.29) is 6.10 Å². The summed E-state index contributed by atoms with van der Waals surface area (Å²) in [5.74, 6) is 0.982. The monoisotopic (exact) mass is 345 g/mol. The Bertz CT molecular complexity index is 716. The van der Waals surface area contributed by atoms with Crippen LogP contribution in [-0.2, 0) is 0 Å². The van der Waals surface area contributed by atoms with Gasteiger partial charge < -0.3 is 9.47 Å². The van der Waals surface area contributed by atoms with E-state index in [1.165, 1.54) is 21.8 Å². The zero-order valence-electron chi connectivity index (χ0n) is 14.7. The summed E-state index contributed by atoms with van der Waals surface area (Å²) in [5.41, 5.74) is 2.32. The number of benzene rings is 2. The molecule has 24 heavy (non-hydrogen) atoms. The first-order chi connectivity index (χ1) is 11.4. The highest BCUT2D eigenvalue weighted by atomic mass is 32.2. The molecular formula is C19H23NO3S. The molecule has 1 amide bonds. The van der Waals surface area contributed by atoms with Gasteiger partial charge in [0.1, 0.15) is 0 Å². The lowest BCUT2D eigenvalue weighted by atomic mass is 10.2. The van der Waals surface area contributed by atoms with Crippen molar-refractivity contribution in [2.45, 2.75) is 38.7 Å². The molecule has 4 nitrogen and oxygen atoms in total. The Morgan fingerprint density at radius 2 is 1.75 bits per heavy atom. The summed E-state index contributed by atoms with van der Waals surface area (Å²) in [7, 11) is 1.69. The lowest BCUT2D eigenvalue weighted by molar-refractivity contribution is 0.180. The Morgan fingerprint density at radius 3 is 2.38 bits per heavy atom. The van der Waals surface area contributed by atoms with Crippen LogP contribution in [0, 0.1) is 13.8 Å². The number of hydrogen-bond acceptors (Lipinski definition) is 4. The fourth-order valence-corrected chi connectivity index (χ4v) is 2.87. The van der Waals surface area contributed by atoms with Crippen molar-refractivity contribution in [1.29, 1.82) is 0 Å². The van der Waals surface area contributed by atoms with E-state index < -0.39 is 6.09 Å². The van der Waals surface area contributed by atoms with Crippen LogP contribution < -0.4 is 9.47 Å². The van der Waals surface area contributed by atoms with Gasteiger partial charge in [-0.15, -0.1) is 0 Å². The molecule has 0 saturated carbocycles. The number of aryl methyl sites for hydroxylation is 2. The lowest BCUT2D eigenvalue weighted by Gasteiger charge is -2.18. The molecule has 0 atom stereocenters. The minimum Gasteiger partial charge on any atom is -0.487 e. The van der Waals surface area contributed by atoms with Crippen molar-refractivity contribution in [2.75, 3.05) is 7.05 Å². The van der Waals surface area contributed by atoms with Crippen molar-refractivity contribution >= 4 is 18.0 Å². The van der Waals surface area contributed by atoms with Crippen LogP contribution in [0.15, 0.2) is 47.4 Å². The summed E-state index contributed by atoms with van der Waals surface area (Å²) < 4.78 is 12.6. The third-order valence-electron chi connectivity index (χ3n) is 3.23. The van der Waals surface area contributed by atoms with E-state index in [0.717, 1.165) is 10.5 Å². The average Bonchev–Trinajstić information content (AvgIpc) is 2.51. The van der Waals surface area contributed by atoms with Crippen molar-refractivity contribution in [3.05, 3.63) is 53.6 Å². The van der Waals surface area contributed by atoms with E-state index in [2.05, 4.69) is 6.07 Å². The number of ether oxygens (including phenoxy) is 2. The number of hydrogen-bond donors (Lipinski definition) is 0. The van der Waals surface area contributed by atoms with Gasteiger partial charge in [0.25, 0.3) is 0 Å². The molecule has 128 valence electrons. The Hall–Kier alpha value is -2.14. The second kappa shape index (κ2) is 8.11. The quantitative estimate of drug-likeness (QED) is 0.696. The van der Waals surface area contributed by atoms with E-state index in [9.17, 15) is 4.79 Å². The Kier molecular flexibility index (Phi) is 6.15. The average molecular weight is 345 g/mol. The molecule has 0 fully saturated rings. The molecule has 2 rings (SSSR count). The van der Waals surface area contributed by atoms with Crippen molar-refractivity contribution in [3.8, 4) is 11.5 Å². The first-order valence-electron chi connectivity index (χ1n) is 7.83. The van der Waals surface area contributed by atoms with Gasteiger partial charge in [-0.05, 0) is 63.4 Å². The molecule has 0 aliphatic rings. The zero-order valence-corrected chi connectivity index (χ0v) is 15.5. The number of para-hydroxylation sites is 2. The fourth-order valence-electron chi connectivity index (χ4n) is 2.13. The van der Waals surface area contributed by atoms with Crippen LogP contribution in [0.4, 0.5) is 4.79 Å². The van der Waals surface area contributed by atoms with Crippen LogP contribution in [-0.4, -0.2) is 23.6 Å². The minimum atomic E-state index is -0.445. The summed E-state index contributed by atoms with van der Waals surface area (Å²) in [5, 5.41) is 0. The van der Waals surface area contributed by atoms with Gasteiger partial charge in [0.15, 0.2) is 11.5 Å². The molecule has 0 aliphatic carbocycles. The molecule has 2 aromatic rings. The van der Waals surface area contributed by atoms with Crippen LogP contribution in [0.25, 0.3) is 0 Å². The van der Waals surface area contributed by atoms with Crippen LogP contribution in [0.1, 0.15) is 25.0 Å². The Morgan fingerprint density at radius 1 is 1.08 bits per heavy atom. The predicted octanol–water partition coefficient (Wildman–Crippen LogP) is 5.23. The molecule has 2 aromatic carbocycles. The largest absolute Gasteiger partial charge is 0.487 e. The highest BCUT2D eigenvalue weighted by Gasteiger charge is 2.17. The Labute approximate surface area is 147 Å². The van der Waals surface area contributed by atoms with Crippen molar-refractivity contribution in [1.82, 2.24) is 4.31 Å². The number of carbonyl (C=O) groups excluding carboxylic acids is 1. The second-order valence-corrected chi connectivity index (χ2v) is 7.01. The SMILES string of the molecule is Cc1ccc(SN(C)C(=O)Oc2ccccc2OC(C)C)c(C)c1. The topological polar surface area (TPSA) is 38.8 Å².